The van der Waals surface area contributed by atoms with Crippen molar-refractivity contribution in [2.45, 2.75) is 32.9 Å². The first-order valence-electron chi connectivity index (χ1n) is 5.07. The second-order valence-corrected chi connectivity index (χ2v) is 3.61. The van der Waals surface area contributed by atoms with Gasteiger partial charge in [0.25, 0.3) is 0 Å². The Bertz CT molecular complexity index is 386. The van der Waals surface area contributed by atoms with E-state index in [1.54, 1.807) is 0 Å². The Morgan fingerprint density at radius 1 is 1.62 bits per heavy atom. The van der Waals surface area contributed by atoms with Crippen molar-refractivity contribution in [3.8, 4) is 0 Å². The summed E-state index contributed by atoms with van der Waals surface area (Å²) in [5, 5.41) is 11.4. The van der Waals surface area contributed by atoms with Crippen LogP contribution in [0.3, 0.4) is 0 Å². The predicted octanol–water partition coefficient (Wildman–Crippen LogP) is 0.496. The maximum absolute atomic E-state index is 11.5. The molecule has 0 aliphatic rings. The van der Waals surface area contributed by atoms with Gasteiger partial charge in [0, 0.05) is 12.2 Å². The van der Waals surface area contributed by atoms with E-state index in [0.717, 1.165) is 6.42 Å². The van der Waals surface area contributed by atoms with Crippen LogP contribution in [-0.2, 0) is 11.3 Å². The van der Waals surface area contributed by atoms with Crippen LogP contribution in [0.25, 0.3) is 0 Å². The molecule has 0 spiro atoms. The fourth-order valence-electron chi connectivity index (χ4n) is 1.15. The molecule has 2 N–H and O–H groups in total. The van der Waals surface area contributed by atoms with E-state index in [9.17, 15) is 9.59 Å². The summed E-state index contributed by atoms with van der Waals surface area (Å²) >= 11 is 0. The maximum Gasteiger partial charge on any atom is 0.356 e. The van der Waals surface area contributed by atoms with Gasteiger partial charge in [0.1, 0.15) is 6.54 Å². The first-order chi connectivity index (χ1) is 7.52. The topological polar surface area (TPSA) is 84.2 Å². The van der Waals surface area contributed by atoms with Crippen LogP contribution in [0.2, 0.25) is 0 Å². The molecule has 88 valence electrons. The number of amides is 1. The summed E-state index contributed by atoms with van der Waals surface area (Å²) in [6, 6.07) is 0.120. The van der Waals surface area contributed by atoms with Gasteiger partial charge in [-0.3, -0.25) is 4.79 Å². The van der Waals surface area contributed by atoms with Crippen LogP contribution in [0.4, 0.5) is 0 Å². The molecule has 1 aromatic heterocycles. The number of hydrogen-bond acceptors (Lipinski definition) is 3. The fourth-order valence-corrected chi connectivity index (χ4v) is 1.15. The van der Waals surface area contributed by atoms with Crippen LogP contribution in [-0.4, -0.2) is 32.6 Å². The number of hydrogen-bond donors (Lipinski definition) is 2. The number of nitrogens with one attached hydrogen (secondary N) is 1. The Morgan fingerprint density at radius 2 is 2.31 bits per heavy atom. The summed E-state index contributed by atoms with van der Waals surface area (Å²) in [6.07, 6.45) is 3.52. The van der Waals surface area contributed by atoms with E-state index in [1.165, 1.54) is 17.1 Å². The number of carbonyl (C=O) groups excluding carboxylic acids is 1. The largest absolute Gasteiger partial charge is 0.476 e. The van der Waals surface area contributed by atoms with Crippen LogP contribution < -0.4 is 5.32 Å². The lowest BCUT2D eigenvalue weighted by Crippen LogP contribution is -2.34. The van der Waals surface area contributed by atoms with Gasteiger partial charge in [0.2, 0.25) is 5.91 Å². The number of aromatic nitrogens is 2. The van der Waals surface area contributed by atoms with Crippen LogP contribution in [0.1, 0.15) is 30.8 Å². The van der Waals surface area contributed by atoms with Gasteiger partial charge in [-0.15, -0.1) is 0 Å². The molecule has 1 atom stereocenters. The second kappa shape index (κ2) is 5.29. The molecule has 1 heterocycles. The Labute approximate surface area is 93.3 Å². The van der Waals surface area contributed by atoms with Crippen molar-refractivity contribution < 1.29 is 14.7 Å². The highest BCUT2D eigenvalue weighted by Crippen LogP contribution is 1.96. The van der Waals surface area contributed by atoms with Crippen molar-refractivity contribution in [1.29, 1.82) is 0 Å². The van der Waals surface area contributed by atoms with E-state index in [1.807, 2.05) is 13.8 Å². The lowest BCUT2D eigenvalue weighted by molar-refractivity contribution is -0.122. The Morgan fingerprint density at radius 3 is 2.81 bits per heavy atom. The van der Waals surface area contributed by atoms with Gasteiger partial charge in [-0.1, -0.05) is 6.92 Å². The van der Waals surface area contributed by atoms with E-state index in [-0.39, 0.29) is 24.2 Å². The summed E-state index contributed by atoms with van der Waals surface area (Å²) in [7, 11) is 0. The van der Waals surface area contributed by atoms with Crippen LogP contribution in [0.5, 0.6) is 0 Å². The normalized spacial score (nSPS) is 12.1. The summed E-state index contributed by atoms with van der Waals surface area (Å²) in [6.45, 7) is 3.98. The molecule has 0 fully saturated rings. The summed E-state index contributed by atoms with van der Waals surface area (Å²) in [5.41, 5.74) is -0.0589. The van der Waals surface area contributed by atoms with Gasteiger partial charge in [0.05, 0.1) is 6.33 Å². The van der Waals surface area contributed by atoms with E-state index in [4.69, 9.17) is 5.11 Å². The monoisotopic (exact) mass is 225 g/mol. The molecule has 1 amide bonds. The molecule has 0 bridgehead atoms. The number of carboxylic acid groups (broad SMARTS) is 1. The van der Waals surface area contributed by atoms with Crippen LogP contribution in [0.15, 0.2) is 12.5 Å². The molecule has 0 saturated heterocycles. The van der Waals surface area contributed by atoms with E-state index < -0.39 is 5.97 Å². The van der Waals surface area contributed by atoms with Crippen molar-refractivity contribution in [3.63, 3.8) is 0 Å². The average Bonchev–Trinajstić information content (AvgIpc) is 2.65. The number of nitrogens with zero attached hydrogens (tertiary/aromatic N) is 2. The first kappa shape index (κ1) is 12.2. The molecule has 1 aromatic rings. The predicted molar refractivity (Wildman–Crippen MR) is 57.1 cm³/mol. The standard InChI is InChI=1S/C10H15N3O3/c1-3-7(2)12-9(14)5-13-4-8(10(15)16)11-6-13/h4,6-7H,3,5H2,1-2H3,(H,12,14)(H,15,16)/t7-/m1/s1. The summed E-state index contributed by atoms with van der Waals surface area (Å²) in [5.74, 6) is -1.25. The van der Waals surface area contributed by atoms with Crippen molar-refractivity contribution in [3.05, 3.63) is 18.2 Å². The third kappa shape index (κ3) is 3.38. The van der Waals surface area contributed by atoms with Crippen molar-refractivity contribution in [1.82, 2.24) is 14.9 Å². The van der Waals surface area contributed by atoms with Gasteiger partial charge in [0.15, 0.2) is 5.69 Å². The van der Waals surface area contributed by atoms with Gasteiger partial charge in [-0.2, -0.15) is 0 Å². The molecule has 0 unspecified atom stereocenters. The molecule has 6 nitrogen and oxygen atoms in total. The van der Waals surface area contributed by atoms with Crippen LogP contribution in [0, 0.1) is 0 Å². The summed E-state index contributed by atoms with van der Waals surface area (Å²) in [4.78, 5) is 25.7. The van der Waals surface area contributed by atoms with E-state index in [0.29, 0.717) is 0 Å². The molecule has 0 aliphatic carbocycles. The molecular formula is C10H15N3O3. The fraction of sp³-hybridized carbons (Fsp3) is 0.500. The first-order valence-corrected chi connectivity index (χ1v) is 5.07. The third-order valence-corrected chi connectivity index (χ3v) is 2.20. The number of carboxylic acids is 1. The maximum atomic E-state index is 11.5. The quantitative estimate of drug-likeness (QED) is 0.764. The van der Waals surface area contributed by atoms with Gasteiger partial charge < -0.3 is 15.0 Å². The number of aromatic carboxylic acids is 1. The third-order valence-electron chi connectivity index (χ3n) is 2.20. The molecule has 6 heteroatoms. The van der Waals surface area contributed by atoms with Crippen molar-refractivity contribution >= 4 is 11.9 Å². The highest BCUT2D eigenvalue weighted by molar-refractivity contribution is 5.85. The summed E-state index contributed by atoms with van der Waals surface area (Å²) < 4.78 is 1.45. The second-order valence-electron chi connectivity index (χ2n) is 3.61. The number of rotatable bonds is 5. The Kier molecular flexibility index (Phi) is 4.04. The number of carbonyl (C=O) groups is 2. The van der Waals surface area contributed by atoms with Crippen molar-refractivity contribution in [2.75, 3.05) is 0 Å². The van der Waals surface area contributed by atoms with E-state index in [2.05, 4.69) is 10.3 Å². The average molecular weight is 225 g/mol. The lowest BCUT2D eigenvalue weighted by Gasteiger charge is -2.11. The van der Waals surface area contributed by atoms with Gasteiger partial charge >= 0.3 is 5.97 Å². The molecule has 1 rings (SSSR count). The highest BCUT2D eigenvalue weighted by atomic mass is 16.4. The SMILES string of the molecule is CC[C@@H](C)NC(=O)Cn1cnc(C(=O)O)c1. The van der Waals surface area contributed by atoms with Crippen LogP contribution >= 0.6 is 0 Å². The molecule has 0 aliphatic heterocycles. The van der Waals surface area contributed by atoms with E-state index >= 15 is 0 Å². The minimum Gasteiger partial charge on any atom is -0.476 e. The molecule has 16 heavy (non-hydrogen) atoms. The highest BCUT2D eigenvalue weighted by Gasteiger charge is 2.09. The zero-order valence-electron chi connectivity index (χ0n) is 9.30. The lowest BCUT2D eigenvalue weighted by atomic mass is 10.2. The smallest absolute Gasteiger partial charge is 0.356 e. The minimum atomic E-state index is -1.10. The van der Waals surface area contributed by atoms with Gasteiger partial charge in [-0.25, -0.2) is 9.78 Å². The zero-order chi connectivity index (χ0) is 12.1. The molecule has 0 radical (unpaired) electrons. The Balaban J connectivity index is 2.53. The zero-order valence-corrected chi connectivity index (χ0v) is 9.30. The van der Waals surface area contributed by atoms with Gasteiger partial charge in [-0.05, 0) is 13.3 Å². The molecular weight excluding hydrogens is 210 g/mol. The molecule has 0 saturated carbocycles. The minimum absolute atomic E-state index is 0.0589. The van der Waals surface area contributed by atoms with Crippen molar-refractivity contribution in [2.24, 2.45) is 0 Å². The number of imidazole rings is 1. The Hall–Kier alpha value is -1.85. The molecule has 0 aromatic carbocycles.